The molecule has 3 nitrogen and oxygen atoms in total. The van der Waals surface area contributed by atoms with Crippen molar-refractivity contribution >= 4 is 17.1 Å². The molecule has 3 N–H and O–H groups in total. The van der Waals surface area contributed by atoms with Crippen LogP contribution in [-0.4, -0.2) is 0 Å². The molecule has 3 heteroatoms. The van der Waals surface area contributed by atoms with Crippen LogP contribution in [0.15, 0.2) is 42.5 Å². The van der Waals surface area contributed by atoms with Crippen LogP contribution < -0.4 is 11.1 Å². The summed E-state index contributed by atoms with van der Waals surface area (Å²) in [6, 6.07) is 15.2. The van der Waals surface area contributed by atoms with Gasteiger partial charge in [-0.2, -0.15) is 5.26 Å². The molecule has 0 unspecified atom stereocenters. The van der Waals surface area contributed by atoms with Crippen LogP contribution in [0.3, 0.4) is 0 Å². The Morgan fingerprint density at radius 1 is 1.12 bits per heavy atom. The summed E-state index contributed by atoms with van der Waals surface area (Å²) < 4.78 is 0. The molecule has 0 radical (unpaired) electrons. The summed E-state index contributed by atoms with van der Waals surface area (Å²) in [6.45, 7) is 1.99. The van der Waals surface area contributed by atoms with E-state index in [0.29, 0.717) is 5.56 Å². The Kier molecular flexibility index (Phi) is 2.97. The largest absolute Gasteiger partial charge is 0.399 e. The predicted octanol–water partition coefficient (Wildman–Crippen LogP) is 3.19. The highest BCUT2D eigenvalue weighted by atomic mass is 14.9. The molecule has 0 aliphatic rings. The molecule has 0 aliphatic carbocycles. The van der Waals surface area contributed by atoms with Crippen LogP contribution in [0.25, 0.3) is 0 Å². The minimum atomic E-state index is 0.635. The van der Waals surface area contributed by atoms with E-state index in [1.807, 2.05) is 37.3 Å². The molecule has 2 aromatic carbocycles. The van der Waals surface area contributed by atoms with Crippen molar-refractivity contribution in [3.63, 3.8) is 0 Å². The molecule has 0 amide bonds. The van der Waals surface area contributed by atoms with Crippen LogP contribution in [-0.2, 0) is 0 Å². The fourth-order valence-electron chi connectivity index (χ4n) is 1.72. The van der Waals surface area contributed by atoms with Crippen LogP contribution in [0.2, 0.25) is 0 Å². The van der Waals surface area contributed by atoms with E-state index in [9.17, 15) is 0 Å². The highest BCUT2D eigenvalue weighted by Gasteiger charge is 1.98. The molecule has 0 heterocycles. The summed E-state index contributed by atoms with van der Waals surface area (Å²) in [5, 5.41) is 12.0. The maximum absolute atomic E-state index is 8.82. The zero-order valence-electron chi connectivity index (χ0n) is 9.57. The monoisotopic (exact) mass is 223 g/mol. The number of nitrogens with two attached hydrogens (primary N) is 1. The third-order valence-corrected chi connectivity index (χ3v) is 2.38. The Bertz CT molecular complexity index is 562. The molecular formula is C14H13N3. The number of aryl methyl sites for hydroxylation is 1. The summed E-state index contributed by atoms with van der Waals surface area (Å²) in [5.41, 5.74) is 10.1. The Hall–Kier alpha value is -2.47. The van der Waals surface area contributed by atoms with Crippen LogP contribution in [0.1, 0.15) is 11.1 Å². The van der Waals surface area contributed by atoms with E-state index < -0.39 is 0 Å². The van der Waals surface area contributed by atoms with Gasteiger partial charge in [0.05, 0.1) is 11.6 Å². The first-order valence-electron chi connectivity index (χ1n) is 5.32. The van der Waals surface area contributed by atoms with Gasteiger partial charge in [-0.25, -0.2) is 0 Å². The highest BCUT2D eigenvalue weighted by molar-refractivity contribution is 5.65. The van der Waals surface area contributed by atoms with E-state index in [1.165, 1.54) is 0 Å². The molecule has 84 valence electrons. The van der Waals surface area contributed by atoms with E-state index in [0.717, 1.165) is 22.6 Å². The van der Waals surface area contributed by atoms with E-state index >= 15 is 0 Å². The number of nitrogens with zero attached hydrogens (tertiary/aromatic N) is 1. The number of benzene rings is 2. The molecule has 17 heavy (non-hydrogen) atoms. The van der Waals surface area contributed by atoms with Gasteiger partial charge in [0.25, 0.3) is 0 Å². The minimum absolute atomic E-state index is 0.635. The van der Waals surface area contributed by atoms with Gasteiger partial charge in [-0.15, -0.1) is 0 Å². The van der Waals surface area contributed by atoms with Gasteiger partial charge in [-0.1, -0.05) is 6.07 Å². The van der Waals surface area contributed by atoms with Crippen LogP contribution in [0.5, 0.6) is 0 Å². The number of nitrogen functional groups attached to an aromatic ring is 1. The molecule has 2 aromatic rings. The van der Waals surface area contributed by atoms with Crippen LogP contribution >= 0.6 is 0 Å². The van der Waals surface area contributed by atoms with Gasteiger partial charge in [0, 0.05) is 17.1 Å². The number of hydrogen-bond acceptors (Lipinski definition) is 3. The van der Waals surface area contributed by atoms with Crippen LogP contribution in [0, 0.1) is 18.3 Å². The zero-order chi connectivity index (χ0) is 12.3. The average molecular weight is 223 g/mol. The van der Waals surface area contributed by atoms with Gasteiger partial charge in [-0.05, 0) is 48.9 Å². The van der Waals surface area contributed by atoms with Crippen molar-refractivity contribution in [1.29, 1.82) is 5.26 Å². The second-order valence-electron chi connectivity index (χ2n) is 3.95. The van der Waals surface area contributed by atoms with Gasteiger partial charge in [0.2, 0.25) is 0 Å². The van der Waals surface area contributed by atoms with Crippen LogP contribution in [0.4, 0.5) is 17.1 Å². The SMILES string of the molecule is Cc1cc(N)cc(Nc2cccc(C#N)c2)c1. The topological polar surface area (TPSA) is 61.8 Å². The first kappa shape index (κ1) is 11.0. The highest BCUT2D eigenvalue weighted by Crippen LogP contribution is 2.21. The fourth-order valence-corrected chi connectivity index (χ4v) is 1.72. The average Bonchev–Trinajstić information content (AvgIpc) is 2.28. The number of anilines is 3. The number of nitrogens with one attached hydrogen (secondary N) is 1. The molecular weight excluding hydrogens is 210 g/mol. The molecule has 0 saturated heterocycles. The van der Waals surface area contributed by atoms with Crippen molar-refractivity contribution < 1.29 is 0 Å². The second kappa shape index (κ2) is 4.58. The van der Waals surface area contributed by atoms with Crippen molar-refractivity contribution in [2.75, 3.05) is 11.1 Å². The summed E-state index contributed by atoms with van der Waals surface area (Å²) >= 11 is 0. The minimum Gasteiger partial charge on any atom is -0.399 e. The van der Waals surface area contributed by atoms with Crippen molar-refractivity contribution in [2.45, 2.75) is 6.92 Å². The second-order valence-corrected chi connectivity index (χ2v) is 3.95. The van der Waals surface area contributed by atoms with Crippen molar-refractivity contribution in [2.24, 2.45) is 0 Å². The first-order chi connectivity index (χ1) is 8.17. The molecule has 0 aromatic heterocycles. The lowest BCUT2D eigenvalue weighted by Crippen LogP contribution is -1.94. The first-order valence-corrected chi connectivity index (χ1v) is 5.32. The lowest BCUT2D eigenvalue weighted by Gasteiger charge is -2.08. The van der Waals surface area contributed by atoms with Gasteiger partial charge in [0.1, 0.15) is 0 Å². The molecule has 0 aliphatic heterocycles. The number of nitriles is 1. The van der Waals surface area contributed by atoms with Gasteiger partial charge in [0.15, 0.2) is 0 Å². The molecule has 0 atom stereocenters. The van der Waals surface area contributed by atoms with Gasteiger partial charge in [-0.3, -0.25) is 0 Å². The third-order valence-electron chi connectivity index (χ3n) is 2.38. The van der Waals surface area contributed by atoms with E-state index in [1.54, 1.807) is 12.1 Å². The fraction of sp³-hybridized carbons (Fsp3) is 0.0714. The number of hydrogen-bond donors (Lipinski definition) is 2. The summed E-state index contributed by atoms with van der Waals surface area (Å²) in [7, 11) is 0. The zero-order valence-corrected chi connectivity index (χ0v) is 9.57. The summed E-state index contributed by atoms with van der Waals surface area (Å²) in [5.74, 6) is 0. The van der Waals surface area contributed by atoms with E-state index in [2.05, 4.69) is 11.4 Å². The predicted molar refractivity (Wildman–Crippen MR) is 70.0 cm³/mol. The third kappa shape index (κ3) is 2.76. The quantitative estimate of drug-likeness (QED) is 0.768. The lowest BCUT2D eigenvalue weighted by molar-refractivity contribution is 1.44. The number of rotatable bonds is 2. The molecule has 0 spiro atoms. The van der Waals surface area contributed by atoms with E-state index in [-0.39, 0.29) is 0 Å². The van der Waals surface area contributed by atoms with E-state index in [4.69, 9.17) is 11.0 Å². The normalized spacial score (nSPS) is 9.65. The maximum atomic E-state index is 8.82. The Balaban J connectivity index is 2.28. The standard InChI is InChI=1S/C14H13N3/c1-10-5-12(16)8-14(6-10)17-13-4-2-3-11(7-13)9-15/h2-8,17H,16H2,1H3. The molecule has 0 saturated carbocycles. The molecule has 0 fully saturated rings. The van der Waals surface area contributed by atoms with Crippen molar-refractivity contribution in [3.8, 4) is 6.07 Å². The van der Waals surface area contributed by atoms with Crippen molar-refractivity contribution in [1.82, 2.24) is 0 Å². The summed E-state index contributed by atoms with van der Waals surface area (Å²) in [6.07, 6.45) is 0. The maximum Gasteiger partial charge on any atom is 0.0992 e. The van der Waals surface area contributed by atoms with Gasteiger partial charge < -0.3 is 11.1 Å². The van der Waals surface area contributed by atoms with Gasteiger partial charge >= 0.3 is 0 Å². The Labute approximate surface area is 101 Å². The van der Waals surface area contributed by atoms with Crippen molar-refractivity contribution in [3.05, 3.63) is 53.6 Å². The molecule has 0 bridgehead atoms. The summed E-state index contributed by atoms with van der Waals surface area (Å²) in [4.78, 5) is 0. The lowest BCUT2D eigenvalue weighted by atomic mass is 10.1. The molecule has 2 rings (SSSR count). The smallest absolute Gasteiger partial charge is 0.0992 e. The Morgan fingerprint density at radius 2 is 1.94 bits per heavy atom. The Morgan fingerprint density at radius 3 is 2.65 bits per heavy atom.